The van der Waals surface area contributed by atoms with Crippen molar-refractivity contribution in [2.24, 2.45) is 0 Å². The minimum absolute atomic E-state index is 0.343. The molecule has 0 aliphatic carbocycles. The van der Waals surface area contributed by atoms with Gasteiger partial charge in [-0.2, -0.15) is 0 Å². The number of ether oxygens (including phenoxy) is 2. The summed E-state index contributed by atoms with van der Waals surface area (Å²) in [4.78, 5) is 23.2. The maximum atomic E-state index is 11.9. The Balaban J connectivity index is 2.15. The highest BCUT2D eigenvalue weighted by molar-refractivity contribution is 5.93. The van der Waals surface area contributed by atoms with Crippen LogP contribution >= 0.6 is 0 Å². The zero-order valence-corrected chi connectivity index (χ0v) is 14.3. The monoisotopic (exact) mass is 320 g/mol. The second kappa shape index (κ2) is 11.7. The van der Waals surface area contributed by atoms with Crippen LogP contribution in [0.25, 0.3) is 0 Å². The third-order valence-corrected chi connectivity index (χ3v) is 3.77. The molecule has 0 aliphatic heterocycles. The van der Waals surface area contributed by atoms with Crippen molar-refractivity contribution in [1.29, 1.82) is 0 Å². The first-order valence-electron chi connectivity index (χ1n) is 8.54. The Morgan fingerprint density at radius 1 is 0.783 bits per heavy atom. The highest BCUT2D eigenvalue weighted by Gasteiger charge is 2.09. The van der Waals surface area contributed by atoms with Crippen LogP contribution in [-0.4, -0.2) is 25.7 Å². The van der Waals surface area contributed by atoms with E-state index < -0.39 is 5.97 Å². The fraction of sp³-hybridized carbons (Fsp3) is 0.579. The smallest absolute Gasteiger partial charge is 0.338 e. The summed E-state index contributed by atoms with van der Waals surface area (Å²) in [7, 11) is 1.33. The standard InChI is InChI=1S/C19H28O4/c1-3-4-5-6-7-8-9-10-15-23-19(21)17-13-11-16(12-14-17)18(20)22-2/h11-14H,3-10,15H2,1-2H3. The normalized spacial score (nSPS) is 10.3. The Hall–Kier alpha value is -1.84. The predicted molar refractivity (Wildman–Crippen MR) is 90.7 cm³/mol. The number of carbonyl (C=O) groups excluding carboxylic acids is 2. The maximum Gasteiger partial charge on any atom is 0.338 e. The van der Waals surface area contributed by atoms with Gasteiger partial charge in [0.1, 0.15) is 0 Å². The van der Waals surface area contributed by atoms with Gasteiger partial charge >= 0.3 is 11.9 Å². The van der Waals surface area contributed by atoms with E-state index in [1.54, 1.807) is 24.3 Å². The van der Waals surface area contributed by atoms with E-state index in [9.17, 15) is 9.59 Å². The van der Waals surface area contributed by atoms with E-state index in [4.69, 9.17) is 4.74 Å². The van der Waals surface area contributed by atoms with E-state index in [1.807, 2.05) is 0 Å². The lowest BCUT2D eigenvalue weighted by Crippen LogP contribution is -2.07. The second-order valence-electron chi connectivity index (χ2n) is 5.68. The molecule has 0 N–H and O–H groups in total. The number of methoxy groups -OCH3 is 1. The van der Waals surface area contributed by atoms with Crippen LogP contribution in [-0.2, 0) is 9.47 Å². The summed E-state index contributed by atoms with van der Waals surface area (Å²) in [6, 6.07) is 6.31. The zero-order valence-electron chi connectivity index (χ0n) is 14.3. The van der Waals surface area contributed by atoms with Crippen molar-refractivity contribution < 1.29 is 19.1 Å². The zero-order chi connectivity index (χ0) is 16.9. The van der Waals surface area contributed by atoms with Gasteiger partial charge in [-0.15, -0.1) is 0 Å². The summed E-state index contributed by atoms with van der Waals surface area (Å²) < 4.78 is 9.86. The summed E-state index contributed by atoms with van der Waals surface area (Å²) in [5, 5.41) is 0. The summed E-state index contributed by atoms with van der Waals surface area (Å²) in [6.45, 7) is 2.67. The lowest BCUT2D eigenvalue weighted by Gasteiger charge is -2.06. The van der Waals surface area contributed by atoms with E-state index in [0.717, 1.165) is 12.8 Å². The third kappa shape index (κ3) is 7.82. The number of benzene rings is 1. The number of carbonyl (C=O) groups is 2. The van der Waals surface area contributed by atoms with Crippen molar-refractivity contribution in [3.63, 3.8) is 0 Å². The molecule has 0 saturated carbocycles. The molecule has 1 aromatic carbocycles. The molecule has 1 aromatic rings. The van der Waals surface area contributed by atoms with Crippen molar-refractivity contribution >= 4 is 11.9 Å². The van der Waals surface area contributed by atoms with E-state index >= 15 is 0 Å². The van der Waals surface area contributed by atoms with E-state index in [1.165, 1.54) is 45.6 Å². The fourth-order valence-electron chi connectivity index (χ4n) is 2.34. The molecule has 0 aliphatic rings. The lowest BCUT2D eigenvalue weighted by atomic mass is 10.1. The van der Waals surface area contributed by atoms with E-state index in [-0.39, 0.29) is 5.97 Å². The first-order chi connectivity index (χ1) is 11.2. The lowest BCUT2D eigenvalue weighted by molar-refractivity contribution is 0.0495. The van der Waals surface area contributed by atoms with Gasteiger partial charge in [0.05, 0.1) is 24.8 Å². The van der Waals surface area contributed by atoms with Gasteiger partial charge in [-0.25, -0.2) is 9.59 Å². The van der Waals surface area contributed by atoms with Crippen molar-refractivity contribution in [3.05, 3.63) is 35.4 Å². The molecular formula is C19H28O4. The van der Waals surface area contributed by atoms with Gasteiger partial charge < -0.3 is 9.47 Å². The Bertz CT molecular complexity index is 465. The van der Waals surface area contributed by atoms with E-state index in [2.05, 4.69) is 11.7 Å². The molecule has 0 bridgehead atoms. The first-order valence-corrected chi connectivity index (χ1v) is 8.54. The van der Waals surface area contributed by atoms with Crippen LogP contribution in [0.15, 0.2) is 24.3 Å². The number of hydrogen-bond donors (Lipinski definition) is 0. The van der Waals surface area contributed by atoms with Crippen molar-refractivity contribution in [3.8, 4) is 0 Å². The van der Waals surface area contributed by atoms with Crippen LogP contribution in [0.5, 0.6) is 0 Å². The van der Waals surface area contributed by atoms with Crippen molar-refractivity contribution in [2.75, 3.05) is 13.7 Å². The Morgan fingerprint density at radius 3 is 1.78 bits per heavy atom. The molecule has 4 heteroatoms. The molecule has 0 amide bonds. The molecule has 0 unspecified atom stereocenters. The molecule has 0 saturated heterocycles. The number of hydrogen-bond acceptors (Lipinski definition) is 4. The molecule has 0 atom stereocenters. The van der Waals surface area contributed by atoms with E-state index in [0.29, 0.717) is 17.7 Å². The average molecular weight is 320 g/mol. The molecule has 4 nitrogen and oxygen atoms in total. The predicted octanol–water partition coefficient (Wildman–Crippen LogP) is 4.77. The first kappa shape index (κ1) is 19.2. The summed E-state index contributed by atoms with van der Waals surface area (Å²) in [6.07, 6.45) is 9.70. The van der Waals surface area contributed by atoms with Crippen LogP contribution in [0, 0.1) is 0 Å². The van der Waals surface area contributed by atoms with Gasteiger partial charge in [0.2, 0.25) is 0 Å². The molecule has 0 radical (unpaired) electrons. The van der Waals surface area contributed by atoms with Gasteiger partial charge in [-0.3, -0.25) is 0 Å². The number of rotatable bonds is 11. The molecule has 23 heavy (non-hydrogen) atoms. The average Bonchev–Trinajstić information content (AvgIpc) is 2.59. The summed E-state index contributed by atoms with van der Waals surface area (Å²) >= 11 is 0. The van der Waals surface area contributed by atoms with Crippen LogP contribution in [0.4, 0.5) is 0 Å². The van der Waals surface area contributed by atoms with Gasteiger partial charge in [-0.1, -0.05) is 51.9 Å². The molecular weight excluding hydrogens is 292 g/mol. The molecule has 0 aromatic heterocycles. The van der Waals surface area contributed by atoms with Gasteiger partial charge in [0, 0.05) is 0 Å². The van der Waals surface area contributed by atoms with Crippen LogP contribution in [0.2, 0.25) is 0 Å². The molecule has 128 valence electrons. The van der Waals surface area contributed by atoms with Crippen molar-refractivity contribution in [1.82, 2.24) is 0 Å². The Morgan fingerprint density at radius 2 is 1.26 bits per heavy atom. The van der Waals surface area contributed by atoms with Crippen LogP contribution in [0.3, 0.4) is 0 Å². The van der Waals surface area contributed by atoms with Gasteiger partial charge in [0.15, 0.2) is 0 Å². The summed E-state index contributed by atoms with van der Waals surface area (Å²) in [5.41, 5.74) is 0.879. The van der Waals surface area contributed by atoms with Crippen LogP contribution < -0.4 is 0 Å². The maximum absolute atomic E-state index is 11.9. The third-order valence-electron chi connectivity index (χ3n) is 3.77. The number of unbranched alkanes of at least 4 members (excludes halogenated alkanes) is 7. The molecule has 0 spiro atoms. The summed E-state index contributed by atoms with van der Waals surface area (Å²) in [5.74, 6) is -0.756. The SMILES string of the molecule is CCCCCCCCCCOC(=O)c1ccc(C(=O)OC)cc1. The highest BCUT2D eigenvalue weighted by Crippen LogP contribution is 2.10. The largest absolute Gasteiger partial charge is 0.465 e. The van der Waals surface area contributed by atoms with Gasteiger partial charge in [-0.05, 0) is 30.7 Å². The molecule has 0 heterocycles. The minimum atomic E-state index is -0.413. The van der Waals surface area contributed by atoms with Crippen LogP contribution in [0.1, 0.15) is 79.0 Å². The fourth-order valence-corrected chi connectivity index (χ4v) is 2.34. The quantitative estimate of drug-likeness (QED) is 0.435. The topological polar surface area (TPSA) is 52.6 Å². The Labute approximate surface area is 139 Å². The van der Waals surface area contributed by atoms with Gasteiger partial charge in [0.25, 0.3) is 0 Å². The highest BCUT2D eigenvalue weighted by atomic mass is 16.5. The minimum Gasteiger partial charge on any atom is -0.465 e. The number of esters is 2. The molecule has 1 rings (SSSR count). The second-order valence-corrected chi connectivity index (χ2v) is 5.68. The Kier molecular flexibility index (Phi) is 9.76. The molecule has 0 fully saturated rings. The van der Waals surface area contributed by atoms with Crippen molar-refractivity contribution in [2.45, 2.75) is 58.3 Å².